The van der Waals surface area contributed by atoms with Gasteiger partial charge in [0, 0.05) is 27.4 Å². The van der Waals surface area contributed by atoms with Crippen molar-refractivity contribution in [3.05, 3.63) is 77.5 Å². The molecule has 0 fully saturated rings. The molecule has 2 heterocycles. The van der Waals surface area contributed by atoms with Gasteiger partial charge >= 0.3 is 0 Å². The van der Waals surface area contributed by atoms with Crippen LogP contribution in [-0.4, -0.2) is 25.5 Å². The third-order valence-electron chi connectivity index (χ3n) is 4.29. The Morgan fingerprint density at radius 3 is 2.50 bits per heavy atom. The van der Waals surface area contributed by atoms with Crippen molar-refractivity contribution in [3.63, 3.8) is 0 Å². The largest absolute Gasteiger partial charge is 0.322 e. The van der Waals surface area contributed by atoms with Crippen LogP contribution in [0.15, 0.2) is 64.8 Å². The highest BCUT2D eigenvalue weighted by molar-refractivity contribution is 7.99. The highest BCUT2D eigenvalue weighted by Gasteiger charge is 2.13. The molecule has 1 N–H and O–H groups in total. The Bertz CT molecular complexity index is 1160. The lowest BCUT2D eigenvalue weighted by atomic mass is 10.2. The van der Waals surface area contributed by atoms with E-state index in [1.807, 2.05) is 38.1 Å². The van der Waals surface area contributed by atoms with E-state index >= 15 is 0 Å². The van der Waals surface area contributed by atoms with Crippen LogP contribution in [-0.2, 0) is 0 Å². The first-order valence-corrected chi connectivity index (χ1v) is 9.35. The fourth-order valence-corrected chi connectivity index (χ4v) is 3.66. The number of hydrogen-bond donors (Lipinski definition) is 1. The van der Waals surface area contributed by atoms with E-state index in [0.717, 1.165) is 21.2 Å². The molecular weight excluding hydrogens is 377 g/mol. The van der Waals surface area contributed by atoms with Crippen LogP contribution in [0.25, 0.3) is 5.78 Å². The molecule has 4 rings (SSSR count). The second kappa shape index (κ2) is 7.40. The summed E-state index contributed by atoms with van der Waals surface area (Å²) in [5.41, 5.74) is 3.01. The smallest absolute Gasteiger partial charge is 0.255 e. The normalized spacial score (nSPS) is 11.0. The Balaban J connectivity index is 1.53. The molecule has 8 heteroatoms. The molecule has 4 aromatic rings. The first-order valence-electron chi connectivity index (χ1n) is 8.53. The Hall–Kier alpha value is -3.26. The van der Waals surface area contributed by atoms with Gasteiger partial charge < -0.3 is 5.32 Å². The van der Waals surface area contributed by atoms with Crippen LogP contribution in [0.3, 0.4) is 0 Å². The van der Waals surface area contributed by atoms with Crippen LogP contribution in [0.1, 0.15) is 21.6 Å². The standard InChI is InChI=1S/C20H16FN5OS/c1-12-13(2)24-20-22-11-23-26(20)19(12)28-17-9-7-16(8-10-17)25-18(27)14-3-5-15(21)6-4-14/h3-11H,1-2H3,(H,25,27). The fourth-order valence-electron chi connectivity index (χ4n) is 2.64. The predicted molar refractivity (Wildman–Crippen MR) is 105 cm³/mol. The van der Waals surface area contributed by atoms with Crippen LogP contribution in [0.2, 0.25) is 0 Å². The van der Waals surface area contributed by atoms with E-state index in [0.29, 0.717) is 17.0 Å². The summed E-state index contributed by atoms with van der Waals surface area (Å²) in [6.07, 6.45) is 1.49. The van der Waals surface area contributed by atoms with Gasteiger partial charge in [-0.3, -0.25) is 4.79 Å². The number of carbonyl (C=O) groups excluding carboxylic acids is 1. The van der Waals surface area contributed by atoms with E-state index in [-0.39, 0.29) is 11.7 Å². The summed E-state index contributed by atoms with van der Waals surface area (Å²) >= 11 is 1.55. The van der Waals surface area contributed by atoms with Gasteiger partial charge in [0.05, 0.1) is 0 Å². The molecule has 28 heavy (non-hydrogen) atoms. The summed E-state index contributed by atoms with van der Waals surface area (Å²) in [6, 6.07) is 12.9. The van der Waals surface area contributed by atoms with Crippen molar-refractivity contribution < 1.29 is 9.18 Å². The molecule has 2 aromatic carbocycles. The van der Waals surface area contributed by atoms with Gasteiger partial charge in [-0.15, -0.1) is 0 Å². The molecule has 0 saturated carbocycles. The number of amides is 1. The lowest BCUT2D eigenvalue weighted by Crippen LogP contribution is -2.11. The minimum absolute atomic E-state index is 0.287. The van der Waals surface area contributed by atoms with E-state index in [9.17, 15) is 9.18 Å². The number of nitrogens with one attached hydrogen (secondary N) is 1. The van der Waals surface area contributed by atoms with E-state index in [2.05, 4.69) is 20.4 Å². The number of halogens is 1. The van der Waals surface area contributed by atoms with Crippen molar-refractivity contribution in [2.75, 3.05) is 5.32 Å². The second-order valence-electron chi connectivity index (χ2n) is 6.19. The van der Waals surface area contributed by atoms with Gasteiger partial charge in [0.15, 0.2) is 0 Å². The highest BCUT2D eigenvalue weighted by atomic mass is 32.2. The van der Waals surface area contributed by atoms with Gasteiger partial charge in [-0.25, -0.2) is 9.37 Å². The molecule has 0 aliphatic carbocycles. The third-order valence-corrected chi connectivity index (χ3v) is 5.47. The Kier molecular flexibility index (Phi) is 4.79. The number of anilines is 1. The van der Waals surface area contributed by atoms with E-state index in [1.54, 1.807) is 16.3 Å². The summed E-state index contributed by atoms with van der Waals surface area (Å²) in [5, 5.41) is 8.01. The molecule has 0 radical (unpaired) electrons. The average Bonchev–Trinajstić information content (AvgIpc) is 3.15. The van der Waals surface area contributed by atoms with Crippen molar-refractivity contribution >= 4 is 29.1 Å². The molecule has 0 unspecified atom stereocenters. The van der Waals surface area contributed by atoms with Crippen molar-refractivity contribution in [2.45, 2.75) is 23.8 Å². The molecule has 0 bridgehead atoms. The monoisotopic (exact) mass is 393 g/mol. The number of carbonyl (C=O) groups is 1. The quantitative estimate of drug-likeness (QED) is 0.524. The Morgan fingerprint density at radius 1 is 1.07 bits per heavy atom. The fraction of sp³-hybridized carbons (Fsp3) is 0.100. The topological polar surface area (TPSA) is 72.2 Å². The molecule has 0 aliphatic rings. The zero-order valence-corrected chi connectivity index (χ0v) is 16.0. The minimum atomic E-state index is -0.374. The molecular formula is C20H16FN5OS. The lowest BCUT2D eigenvalue weighted by molar-refractivity contribution is 0.102. The van der Waals surface area contributed by atoms with Gasteiger partial charge in [-0.1, -0.05) is 11.8 Å². The third kappa shape index (κ3) is 3.59. The zero-order chi connectivity index (χ0) is 19.7. The van der Waals surface area contributed by atoms with Crippen molar-refractivity contribution in [2.24, 2.45) is 0 Å². The summed E-state index contributed by atoms with van der Waals surface area (Å²) < 4.78 is 14.7. The zero-order valence-electron chi connectivity index (χ0n) is 15.2. The average molecular weight is 393 g/mol. The molecule has 0 aliphatic heterocycles. The maximum Gasteiger partial charge on any atom is 0.255 e. The molecule has 140 valence electrons. The van der Waals surface area contributed by atoms with Crippen LogP contribution in [0, 0.1) is 19.7 Å². The minimum Gasteiger partial charge on any atom is -0.322 e. The van der Waals surface area contributed by atoms with Crippen LogP contribution >= 0.6 is 11.8 Å². The maximum atomic E-state index is 13.0. The predicted octanol–water partition coefficient (Wildman–Crippen LogP) is 4.28. The van der Waals surface area contributed by atoms with Gasteiger partial charge in [0.25, 0.3) is 11.7 Å². The van der Waals surface area contributed by atoms with Crippen LogP contribution < -0.4 is 5.32 Å². The van der Waals surface area contributed by atoms with Crippen molar-refractivity contribution in [3.8, 4) is 0 Å². The summed E-state index contributed by atoms with van der Waals surface area (Å²) in [7, 11) is 0. The number of aromatic nitrogens is 4. The van der Waals surface area contributed by atoms with E-state index < -0.39 is 0 Å². The number of fused-ring (bicyclic) bond motifs is 1. The van der Waals surface area contributed by atoms with E-state index in [1.165, 1.54) is 30.6 Å². The number of nitrogens with zero attached hydrogens (tertiary/aromatic N) is 4. The molecule has 6 nitrogen and oxygen atoms in total. The van der Waals surface area contributed by atoms with Crippen molar-refractivity contribution in [1.29, 1.82) is 0 Å². The van der Waals surface area contributed by atoms with Gasteiger partial charge in [-0.2, -0.15) is 14.6 Å². The van der Waals surface area contributed by atoms with Gasteiger partial charge in [-0.05, 0) is 62.4 Å². The number of aryl methyl sites for hydroxylation is 1. The second-order valence-corrected chi connectivity index (χ2v) is 7.25. The summed E-state index contributed by atoms with van der Waals surface area (Å²) in [5.74, 6) is -0.0971. The van der Waals surface area contributed by atoms with Crippen LogP contribution in [0.5, 0.6) is 0 Å². The SMILES string of the molecule is Cc1nc2ncnn2c(Sc2ccc(NC(=O)c3ccc(F)cc3)cc2)c1C. The van der Waals surface area contributed by atoms with Gasteiger partial charge in [0.1, 0.15) is 17.2 Å². The summed E-state index contributed by atoms with van der Waals surface area (Å²) in [6.45, 7) is 3.95. The molecule has 0 spiro atoms. The van der Waals surface area contributed by atoms with E-state index in [4.69, 9.17) is 0 Å². The molecule has 0 atom stereocenters. The summed E-state index contributed by atoms with van der Waals surface area (Å²) in [4.78, 5) is 21.8. The molecule has 1 amide bonds. The first kappa shape index (κ1) is 18.1. The molecule has 2 aromatic heterocycles. The first-order chi connectivity index (χ1) is 13.5. The number of rotatable bonds is 4. The Morgan fingerprint density at radius 2 is 1.79 bits per heavy atom. The maximum absolute atomic E-state index is 13.0. The Labute approximate surface area is 164 Å². The molecule has 0 saturated heterocycles. The lowest BCUT2D eigenvalue weighted by Gasteiger charge is -2.10. The van der Waals surface area contributed by atoms with Crippen molar-refractivity contribution in [1.82, 2.24) is 19.6 Å². The number of hydrogen-bond acceptors (Lipinski definition) is 5. The van der Waals surface area contributed by atoms with Crippen LogP contribution in [0.4, 0.5) is 10.1 Å². The van der Waals surface area contributed by atoms with Gasteiger partial charge in [0.2, 0.25) is 0 Å². The number of benzene rings is 2. The highest BCUT2D eigenvalue weighted by Crippen LogP contribution is 2.31.